The van der Waals surface area contributed by atoms with Crippen LogP contribution in [0.25, 0.3) is 10.8 Å². The summed E-state index contributed by atoms with van der Waals surface area (Å²) in [5.41, 5.74) is -1.36. The fraction of sp³-hybridized carbons (Fsp3) is 0.485. The minimum atomic E-state index is -1.15. The second-order valence-electron chi connectivity index (χ2n) is 11.6. The van der Waals surface area contributed by atoms with E-state index in [0.29, 0.717) is 31.4 Å². The SMILES string of the molecule is C=CCCCCOC(=O)[C@@H]1[C@H]2C(=O)N(CCCO)C(C(=O)N(CC=C)c3ccc4ccccc4c3)C23CC[C@@]1(C)O3. The van der Waals surface area contributed by atoms with Gasteiger partial charge in [0.05, 0.1) is 18.1 Å². The van der Waals surface area contributed by atoms with Gasteiger partial charge in [-0.2, -0.15) is 0 Å². The molecule has 2 bridgehead atoms. The van der Waals surface area contributed by atoms with Gasteiger partial charge in [0.2, 0.25) is 5.91 Å². The first-order valence-electron chi connectivity index (χ1n) is 14.6. The van der Waals surface area contributed by atoms with Crippen LogP contribution in [0, 0.1) is 11.8 Å². The van der Waals surface area contributed by atoms with Crippen molar-refractivity contribution in [3.63, 3.8) is 0 Å². The third-order valence-electron chi connectivity index (χ3n) is 8.99. The Bertz CT molecular complexity index is 1340. The van der Waals surface area contributed by atoms with Gasteiger partial charge < -0.3 is 24.4 Å². The van der Waals surface area contributed by atoms with Crippen molar-refractivity contribution in [3.8, 4) is 0 Å². The van der Waals surface area contributed by atoms with Gasteiger partial charge in [-0.15, -0.1) is 13.2 Å². The molecule has 3 aliphatic rings. The molecule has 5 atom stereocenters. The van der Waals surface area contributed by atoms with E-state index in [1.165, 1.54) is 4.90 Å². The lowest BCUT2D eigenvalue weighted by Crippen LogP contribution is -2.56. The maximum atomic E-state index is 14.6. The predicted octanol–water partition coefficient (Wildman–Crippen LogP) is 4.41. The average molecular weight is 561 g/mol. The van der Waals surface area contributed by atoms with Crippen LogP contribution in [0.1, 0.15) is 45.4 Å². The number of fused-ring (bicyclic) bond motifs is 2. The number of aliphatic hydroxyl groups excluding tert-OH is 1. The molecule has 41 heavy (non-hydrogen) atoms. The Morgan fingerprint density at radius 3 is 2.63 bits per heavy atom. The molecule has 2 amide bonds. The first-order valence-corrected chi connectivity index (χ1v) is 14.6. The summed E-state index contributed by atoms with van der Waals surface area (Å²) in [6.45, 7) is 10.0. The van der Waals surface area contributed by atoms with Gasteiger partial charge in [0.15, 0.2) is 0 Å². The van der Waals surface area contributed by atoms with Gasteiger partial charge in [0.1, 0.15) is 17.6 Å². The zero-order valence-corrected chi connectivity index (χ0v) is 23.8. The standard InChI is InChI=1S/C33H40N2O6/c1-4-6-7-10-21-40-31(39)27-26-29(37)35(19-11-20-36)28(33(26)17-16-32(27,3)41-33)30(38)34(18-5-2)25-15-14-23-12-8-9-13-24(23)22-25/h4-5,8-9,12-15,22,26-28,36H,1-2,6-7,10-11,16-21H2,3H3/t26-,27-,28?,32+,33?/m0/s1. The molecule has 5 rings (SSSR count). The number of aliphatic hydroxyl groups is 1. The Morgan fingerprint density at radius 1 is 1.12 bits per heavy atom. The summed E-state index contributed by atoms with van der Waals surface area (Å²) in [5.74, 6) is -2.64. The van der Waals surface area contributed by atoms with Crippen LogP contribution in [-0.2, 0) is 23.9 Å². The van der Waals surface area contributed by atoms with Crippen molar-refractivity contribution in [1.82, 2.24) is 4.90 Å². The highest BCUT2D eigenvalue weighted by atomic mass is 16.6. The van der Waals surface area contributed by atoms with Crippen molar-refractivity contribution in [1.29, 1.82) is 0 Å². The van der Waals surface area contributed by atoms with E-state index in [1.807, 2.05) is 55.5 Å². The number of esters is 1. The van der Waals surface area contributed by atoms with E-state index < -0.39 is 35.0 Å². The van der Waals surface area contributed by atoms with Crippen molar-refractivity contribution < 1.29 is 29.0 Å². The number of hydrogen-bond donors (Lipinski definition) is 1. The number of allylic oxidation sites excluding steroid dienone is 1. The summed E-state index contributed by atoms with van der Waals surface area (Å²) in [4.78, 5) is 45.4. The lowest BCUT2D eigenvalue weighted by molar-refractivity contribution is -0.159. The van der Waals surface area contributed by atoms with Crippen molar-refractivity contribution in [2.75, 3.05) is 31.2 Å². The molecule has 3 saturated heterocycles. The molecule has 8 heteroatoms. The molecule has 3 fully saturated rings. The molecule has 2 unspecified atom stereocenters. The molecule has 0 radical (unpaired) electrons. The summed E-state index contributed by atoms with van der Waals surface area (Å²) in [7, 11) is 0. The fourth-order valence-electron chi connectivity index (χ4n) is 7.14. The summed E-state index contributed by atoms with van der Waals surface area (Å²) in [6.07, 6.45) is 7.24. The Balaban J connectivity index is 1.49. The summed E-state index contributed by atoms with van der Waals surface area (Å²) in [5, 5.41) is 11.7. The van der Waals surface area contributed by atoms with Gasteiger partial charge in [-0.25, -0.2) is 0 Å². The number of carbonyl (C=O) groups is 3. The number of amides is 2. The van der Waals surface area contributed by atoms with Crippen LogP contribution < -0.4 is 4.90 Å². The van der Waals surface area contributed by atoms with Crippen LogP contribution in [0.4, 0.5) is 5.69 Å². The van der Waals surface area contributed by atoms with E-state index in [4.69, 9.17) is 9.47 Å². The zero-order chi connectivity index (χ0) is 29.2. The summed E-state index contributed by atoms with van der Waals surface area (Å²) in [6, 6.07) is 12.8. The number of hydrogen-bond acceptors (Lipinski definition) is 6. The van der Waals surface area contributed by atoms with Gasteiger partial charge >= 0.3 is 5.97 Å². The lowest BCUT2D eigenvalue weighted by atomic mass is 9.66. The maximum absolute atomic E-state index is 14.6. The van der Waals surface area contributed by atoms with Gasteiger partial charge in [-0.05, 0) is 68.4 Å². The first-order chi connectivity index (χ1) is 19.8. The van der Waals surface area contributed by atoms with E-state index in [-0.39, 0.29) is 38.1 Å². The number of ether oxygens (including phenoxy) is 2. The smallest absolute Gasteiger partial charge is 0.312 e. The number of carbonyl (C=O) groups excluding carboxylic acids is 3. The molecule has 0 aliphatic carbocycles. The van der Waals surface area contributed by atoms with Crippen molar-refractivity contribution >= 4 is 34.2 Å². The number of benzene rings is 2. The maximum Gasteiger partial charge on any atom is 0.312 e. The lowest BCUT2D eigenvalue weighted by Gasteiger charge is -2.36. The van der Waals surface area contributed by atoms with Crippen LogP contribution in [-0.4, -0.2) is 71.3 Å². The molecule has 0 saturated carbocycles. The van der Waals surface area contributed by atoms with Crippen LogP contribution in [0.3, 0.4) is 0 Å². The Labute approximate surface area is 241 Å². The zero-order valence-electron chi connectivity index (χ0n) is 23.8. The van der Waals surface area contributed by atoms with E-state index in [0.717, 1.165) is 23.6 Å². The number of nitrogens with zero attached hydrogens (tertiary/aromatic N) is 2. The molecular formula is C33H40N2O6. The first kappa shape index (κ1) is 29.0. The third kappa shape index (κ3) is 4.97. The highest BCUT2D eigenvalue weighted by molar-refractivity contribution is 6.05. The van der Waals surface area contributed by atoms with Gasteiger partial charge in [-0.3, -0.25) is 14.4 Å². The van der Waals surface area contributed by atoms with Crippen LogP contribution in [0.2, 0.25) is 0 Å². The molecule has 1 spiro atoms. The normalized spacial score (nSPS) is 28.1. The molecule has 0 aromatic heterocycles. The molecule has 3 aliphatic heterocycles. The number of likely N-dealkylation sites (tertiary alicyclic amines) is 1. The van der Waals surface area contributed by atoms with E-state index in [1.54, 1.807) is 11.0 Å². The molecule has 3 heterocycles. The van der Waals surface area contributed by atoms with Crippen LogP contribution in [0.5, 0.6) is 0 Å². The third-order valence-corrected chi connectivity index (χ3v) is 8.99. The van der Waals surface area contributed by atoms with Gasteiger partial charge in [0.25, 0.3) is 5.91 Å². The number of unbranched alkanes of at least 4 members (excludes halogenated alkanes) is 2. The summed E-state index contributed by atoms with van der Waals surface area (Å²) >= 11 is 0. The molecular weight excluding hydrogens is 520 g/mol. The largest absolute Gasteiger partial charge is 0.465 e. The fourth-order valence-corrected chi connectivity index (χ4v) is 7.14. The molecule has 2 aromatic carbocycles. The molecule has 1 N–H and O–H groups in total. The minimum Gasteiger partial charge on any atom is -0.465 e. The van der Waals surface area contributed by atoms with E-state index in [2.05, 4.69) is 13.2 Å². The van der Waals surface area contributed by atoms with Crippen molar-refractivity contribution in [2.24, 2.45) is 11.8 Å². The highest BCUT2D eigenvalue weighted by Gasteiger charge is 2.78. The monoisotopic (exact) mass is 560 g/mol. The van der Waals surface area contributed by atoms with Crippen LogP contribution in [0.15, 0.2) is 67.8 Å². The topological polar surface area (TPSA) is 96.4 Å². The Morgan fingerprint density at radius 2 is 1.90 bits per heavy atom. The van der Waals surface area contributed by atoms with Gasteiger partial charge in [0, 0.05) is 25.4 Å². The Hall–Kier alpha value is -3.49. The Kier molecular flexibility index (Phi) is 8.34. The predicted molar refractivity (Wildman–Crippen MR) is 157 cm³/mol. The summed E-state index contributed by atoms with van der Waals surface area (Å²) < 4.78 is 12.4. The highest BCUT2D eigenvalue weighted by Crippen LogP contribution is 2.63. The minimum absolute atomic E-state index is 0.127. The van der Waals surface area contributed by atoms with E-state index in [9.17, 15) is 19.5 Å². The van der Waals surface area contributed by atoms with Gasteiger partial charge in [-0.1, -0.05) is 42.5 Å². The van der Waals surface area contributed by atoms with Crippen molar-refractivity contribution in [3.05, 3.63) is 67.8 Å². The average Bonchev–Trinajstić information content (AvgIpc) is 3.54. The van der Waals surface area contributed by atoms with Crippen molar-refractivity contribution in [2.45, 2.75) is 62.7 Å². The van der Waals surface area contributed by atoms with Crippen LogP contribution >= 0.6 is 0 Å². The number of rotatable bonds is 13. The molecule has 8 nitrogen and oxygen atoms in total. The quantitative estimate of drug-likeness (QED) is 0.222. The van der Waals surface area contributed by atoms with E-state index >= 15 is 0 Å². The number of anilines is 1. The molecule has 2 aromatic rings. The second kappa shape index (κ2) is 11.8. The molecule has 218 valence electrons. The second-order valence-corrected chi connectivity index (χ2v) is 11.6.